The average molecular weight is 326 g/mol. The van der Waals surface area contributed by atoms with Gasteiger partial charge in [-0.05, 0) is 23.8 Å². The summed E-state index contributed by atoms with van der Waals surface area (Å²) in [4.78, 5) is 23.9. The summed E-state index contributed by atoms with van der Waals surface area (Å²) >= 11 is 3.35. The number of amides is 1. The molecule has 1 rings (SSSR count). The maximum absolute atomic E-state index is 11.8. The van der Waals surface area contributed by atoms with Crippen molar-refractivity contribution < 1.29 is 14.7 Å². The Kier molecular flexibility index (Phi) is 5.76. The van der Waals surface area contributed by atoms with Gasteiger partial charge in [0.1, 0.15) is 0 Å². The van der Waals surface area contributed by atoms with Crippen LogP contribution >= 0.6 is 15.9 Å². The first kappa shape index (κ1) is 15.4. The van der Waals surface area contributed by atoms with Crippen molar-refractivity contribution >= 4 is 33.9 Å². The predicted octanol–water partition coefficient (Wildman–Crippen LogP) is 2.64. The van der Waals surface area contributed by atoms with Crippen molar-refractivity contribution in [3.63, 3.8) is 0 Å². The van der Waals surface area contributed by atoms with E-state index in [1.165, 1.54) is 11.0 Å². The van der Waals surface area contributed by atoms with Gasteiger partial charge >= 0.3 is 5.97 Å². The van der Waals surface area contributed by atoms with Crippen LogP contribution < -0.4 is 0 Å². The minimum absolute atomic E-state index is 0.191. The molecule has 1 N–H and O–H groups in total. The summed E-state index contributed by atoms with van der Waals surface area (Å²) in [5.74, 6) is -1.70. The van der Waals surface area contributed by atoms with Crippen LogP contribution in [0.4, 0.5) is 0 Å². The molecule has 0 heterocycles. The number of carboxylic acids is 1. The molecule has 0 saturated carbocycles. The fourth-order valence-electron chi connectivity index (χ4n) is 1.48. The number of nitrogens with zero attached hydrogens (tertiary/aromatic N) is 1. The molecule has 0 aromatic heterocycles. The maximum Gasteiger partial charge on any atom is 0.308 e. The summed E-state index contributed by atoms with van der Waals surface area (Å²) in [7, 11) is 1.59. The van der Waals surface area contributed by atoms with Gasteiger partial charge in [-0.3, -0.25) is 9.59 Å². The number of likely N-dealkylation sites (N-methyl/N-ethyl adjacent to an activating group) is 1. The van der Waals surface area contributed by atoms with E-state index in [9.17, 15) is 9.59 Å². The van der Waals surface area contributed by atoms with Crippen LogP contribution in [0.3, 0.4) is 0 Å². The molecule has 4 nitrogen and oxygen atoms in total. The molecule has 0 aliphatic heterocycles. The highest BCUT2D eigenvalue weighted by Crippen LogP contribution is 2.12. The lowest BCUT2D eigenvalue weighted by atomic mass is 10.1. The molecule has 5 heteroatoms. The number of hydrogen-bond donors (Lipinski definition) is 1. The monoisotopic (exact) mass is 325 g/mol. The van der Waals surface area contributed by atoms with Crippen LogP contribution in [0.5, 0.6) is 0 Å². The third kappa shape index (κ3) is 5.26. The maximum atomic E-state index is 11.8. The van der Waals surface area contributed by atoms with E-state index in [1.54, 1.807) is 20.0 Å². The van der Waals surface area contributed by atoms with Crippen molar-refractivity contribution in [2.24, 2.45) is 5.92 Å². The van der Waals surface area contributed by atoms with Crippen LogP contribution in [0.15, 0.2) is 34.8 Å². The summed E-state index contributed by atoms with van der Waals surface area (Å²) < 4.78 is 0.940. The molecule has 0 bridgehead atoms. The molecule has 1 atom stereocenters. The summed E-state index contributed by atoms with van der Waals surface area (Å²) in [6.07, 6.45) is 3.14. The van der Waals surface area contributed by atoms with Gasteiger partial charge in [-0.25, -0.2) is 0 Å². The van der Waals surface area contributed by atoms with Gasteiger partial charge in [-0.15, -0.1) is 0 Å². The molecule has 1 amide bonds. The van der Waals surface area contributed by atoms with Gasteiger partial charge < -0.3 is 10.0 Å². The third-order valence-corrected chi connectivity index (χ3v) is 3.11. The number of carbonyl (C=O) groups excluding carboxylic acids is 1. The predicted molar refractivity (Wildman–Crippen MR) is 77.6 cm³/mol. The van der Waals surface area contributed by atoms with E-state index in [0.717, 1.165) is 10.0 Å². The second-order valence-electron chi connectivity index (χ2n) is 4.35. The van der Waals surface area contributed by atoms with E-state index in [1.807, 2.05) is 24.3 Å². The van der Waals surface area contributed by atoms with Gasteiger partial charge in [-0.2, -0.15) is 0 Å². The summed E-state index contributed by atoms with van der Waals surface area (Å²) in [5, 5.41) is 8.79. The Morgan fingerprint density at radius 2 is 2.16 bits per heavy atom. The van der Waals surface area contributed by atoms with Gasteiger partial charge in [0, 0.05) is 24.1 Å². The summed E-state index contributed by atoms with van der Waals surface area (Å²) in [5.41, 5.74) is 0.905. The molecule has 102 valence electrons. The first-order valence-electron chi connectivity index (χ1n) is 5.81. The summed E-state index contributed by atoms with van der Waals surface area (Å²) in [6, 6.07) is 7.56. The van der Waals surface area contributed by atoms with Crippen molar-refractivity contribution in [2.75, 3.05) is 13.6 Å². The Balaban J connectivity index is 2.61. The molecule has 0 spiro atoms. The van der Waals surface area contributed by atoms with Crippen LogP contribution in [0.1, 0.15) is 12.5 Å². The fraction of sp³-hybridized carbons (Fsp3) is 0.286. The average Bonchev–Trinajstić information content (AvgIpc) is 2.35. The lowest BCUT2D eigenvalue weighted by Crippen LogP contribution is -2.32. The van der Waals surface area contributed by atoms with E-state index in [-0.39, 0.29) is 12.5 Å². The van der Waals surface area contributed by atoms with Crippen LogP contribution in [0, 0.1) is 5.92 Å². The normalized spacial score (nSPS) is 12.4. The summed E-state index contributed by atoms with van der Waals surface area (Å²) in [6.45, 7) is 1.77. The number of hydrogen-bond acceptors (Lipinski definition) is 2. The van der Waals surface area contributed by atoms with E-state index in [2.05, 4.69) is 15.9 Å². The highest BCUT2D eigenvalue weighted by Gasteiger charge is 2.15. The second-order valence-corrected chi connectivity index (χ2v) is 5.26. The zero-order valence-corrected chi connectivity index (χ0v) is 12.4. The lowest BCUT2D eigenvalue weighted by molar-refractivity contribution is -0.142. The molecule has 0 saturated heterocycles. The van der Waals surface area contributed by atoms with E-state index in [4.69, 9.17) is 5.11 Å². The van der Waals surface area contributed by atoms with Gasteiger partial charge in [0.05, 0.1) is 5.92 Å². The first-order valence-corrected chi connectivity index (χ1v) is 6.61. The van der Waals surface area contributed by atoms with Gasteiger partial charge in [-0.1, -0.05) is 35.0 Å². The standard InChI is InChI=1S/C14H16BrNO3/c1-10(14(18)19)9-16(2)13(17)7-6-11-4-3-5-12(15)8-11/h3-8,10H,9H2,1-2H3,(H,18,19). The Hall–Kier alpha value is -1.62. The van der Waals surface area contributed by atoms with Crippen molar-refractivity contribution in [1.82, 2.24) is 4.90 Å². The van der Waals surface area contributed by atoms with Crippen molar-refractivity contribution in [1.29, 1.82) is 0 Å². The van der Waals surface area contributed by atoms with Gasteiger partial charge in [0.25, 0.3) is 0 Å². The molecule has 0 aliphatic rings. The number of carbonyl (C=O) groups is 2. The van der Waals surface area contributed by atoms with Crippen LogP contribution in [0.25, 0.3) is 6.08 Å². The molecule has 0 fully saturated rings. The number of benzene rings is 1. The van der Waals surface area contributed by atoms with Crippen molar-refractivity contribution in [3.8, 4) is 0 Å². The Bertz CT molecular complexity index is 499. The lowest BCUT2D eigenvalue weighted by Gasteiger charge is -2.17. The second kappa shape index (κ2) is 7.09. The topological polar surface area (TPSA) is 57.6 Å². The quantitative estimate of drug-likeness (QED) is 0.847. The number of carboxylic acid groups (broad SMARTS) is 1. The highest BCUT2D eigenvalue weighted by atomic mass is 79.9. The number of aliphatic carboxylic acids is 1. The van der Waals surface area contributed by atoms with E-state index < -0.39 is 11.9 Å². The van der Waals surface area contributed by atoms with Crippen molar-refractivity contribution in [3.05, 3.63) is 40.4 Å². The first-order chi connectivity index (χ1) is 8.90. The molecule has 1 unspecified atom stereocenters. The molecule has 1 aromatic carbocycles. The smallest absolute Gasteiger partial charge is 0.308 e. The fourth-order valence-corrected chi connectivity index (χ4v) is 1.90. The molecule has 0 radical (unpaired) electrons. The molecule has 19 heavy (non-hydrogen) atoms. The SMILES string of the molecule is CC(CN(C)C(=O)C=Cc1cccc(Br)c1)C(=O)O. The van der Waals surface area contributed by atoms with Crippen LogP contribution in [-0.4, -0.2) is 35.5 Å². The minimum atomic E-state index is -0.907. The molecular weight excluding hydrogens is 310 g/mol. The van der Waals surface area contributed by atoms with Crippen LogP contribution in [-0.2, 0) is 9.59 Å². The van der Waals surface area contributed by atoms with E-state index >= 15 is 0 Å². The van der Waals surface area contributed by atoms with Gasteiger partial charge in [0.2, 0.25) is 5.91 Å². The third-order valence-electron chi connectivity index (χ3n) is 2.61. The Morgan fingerprint density at radius 1 is 1.47 bits per heavy atom. The number of halogens is 1. The molecular formula is C14H16BrNO3. The molecule has 1 aromatic rings. The number of rotatable bonds is 5. The Labute approximate surface area is 120 Å². The largest absolute Gasteiger partial charge is 0.481 e. The molecule has 0 aliphatic carbocycles. The van der Waals surface area contributed by atoms with Crippen molar-refractivity contribution in [2.45, 2.75) is 6.92 Å². The van der Waals surface area contributed by atoms with Crippen LogP contribution in [0.2, 0.25) is 0 Å². The van der Waals surface area contributed by atoms with Gasteiger partial charge in [0.15, 0.2) is 0 Å². The highest BCUT2D eigenvalue weighted by molar-refractivity contribution is 9.10. The van der Waals surface area contributed by atoms with E-state index in [0.29, 0.717) is 0 Å². The zero-order chi connectivity index (χ0) is 14.4. The minimum Gasteiger partial charge on any atom is -0.481 e. The Morgan fingerprint density at radius 3 is 2.74 bits per heavy atom. The zero-order valence-electron chi connectivity index (χ0n) is 10.8.